The van der Waals surface area contributed by atoms with Crippen molar-refractivity contribution < 1.29 is 22.4 Å². The van der Waals surface area contributed by atoms with Crippen LogP contribution in [0.3, 0.4) is 0 Å². The van der Waals surface area contributed by atoms with Gasteiger partial charge in [-0.1, -0.05) is 47.6 Å². The average Bonchev–Trinajstić information content (AvgIpc) is 3.20. The molecule has 3 aromatic rings. The van der Waals surface area contributed by atoms with Crippen LogP contribution in [0.4, 0.5) is 13.2 Å². The first-order valence-corrected chi connectivity index (χ1v) is 9.42. The lowest BCUT2D eigenvalue weighted by Crippen LogP contribution is -2.32. The maximum Gasteiger partial charge on any atom is 0.573 e. The van der Waals surface area contributed by atoms with Crippen LogP contribution < -0.4 is 4.74 Å². The normalized spacial score (nSPS) is 16.1. The topological polar surface area (TPSA) is 51.4 Å². The summed E-state index contributed by atoms with van der Waals surface area (Å²) in [6.07, 6.45) is -2.88. The number of alkyl halides is 3. The highest BCUT2D eigenvalue weighted by molar-refractivity contribution is 5.53. The van der Waals surface area contributed by atoms with Gasteiger partial charge < -0.3 is 9.26 Å². The fourth-order valence-electron chi connectivity index (χ4n) is 3.50. The van der Waals surface area contributed by atoms with Gasteiger partial charge in [-0.2, -0.15) is 4.98 Å². The lowest BCUT2D eigenvalue weighted by Gasteiger charge is -2.30. The molecular weight excluding hydrogens is 383 g/mol. The number of rotatable bonds is 5. The van der Waals surface area contributed by atoms with Gasteiger partial charge in [-0.15, -0.1) is 13.2 Å². The Kier molecular flexibility index (Phi) is 5.53. The third-order valence-electron chi connectivity index (χ3n) is 4.97. The molecule has 1 aliphatic heterocycles. The molecule has 0 spiro atoms. The van der Waals surface area contributed by atoms with E-state index in [1.807, 2.05) is 30.3 Å². The van der Waals surface area contributed by atoms with Crippen molar-refractivity contribution in [3.8, 4) is 17.1 Å². The zero-order chi connectivity index (χ0) is 20.3. The third kappa shape index (κ3) is 5.14. The van der Waals surface area contributed by atoms with Gasteiger partial charge in [0.15, 0.2) is 0 Å². The first-order valence-electron chi connectivity index (χ1n) is 9.42. The van der Waals surface area contributed by atoms with E-state index >= 15 is 0 Å². The van der Waals surface area contributed by atoms with Crippen molar-refractivity contribution >= 4 is 0 Å². The minimum Gasteiger partial charge on any atom is -0.406 e. The van der Waals surface area contributed by atoms with Crippen molar-refractivity contribution in [2.75, 3.05) is 13.1 Å². The van der Waals surface area contributed by atoms with Gasteiger partial charge in [0.2, 0.25) is 11.7 Å². The van der Waals surface area contributed by atoms with Crippen LogP contribution in [-0.4, -0.2) is 34.5 Å². The molecule has 1 aliphatic rings. The Morgan fingerprint density at radius 2 is 1.69 bits per heavy atom. The molecule has 0 unspecified atom stereocenters. The van der Waals surface area contributed by atoms with Crippen LogP contribution in [-0.2, 0) is 6.54 Å². The third-order valence-corrected chi connectivity index (χ3v) is 4.97. The predicted octanol–water partition coefficient (Wildman–Crippen LogP) is 5.01. The minimum atomic E-state index is -4.67. The fourth-order valence-corrected chi connectivity index (χ4v) is 3.50. The highest BCUT2D eigenvalue weighted by Crippen LogP contribution is 2.29. The summed E-state index contributed by atoms with van der Waals surface area (Å²) in [7, 11) is 0. The van der Waals surface area contributed by atoms with E-state index in [0.717, 1.165) is 37.1 Å². The first-order chi connectivity index (χ1) is 14.0. The van der Waals surface area contributed by atoms with E-state index in [0.29, 0.717) is 18.3 Å². The van der Waals surface area contributed by atoms with Crippen LogP contribution in [0, 0.1) is 0 Å². The number of halogens is 3. The molecule has 0 atom stereocenters. The molecule has 152 valence electrons. The average molecular weight is 403 g/mol. The molecule has 5 nitrogen and oxygen atoms in total. The molecule has 2 heterocycles. The maximum absolute atomic E-state index is 12.2. The summed E-state index contributed by atoms with van der Waals surface area (Å²) in [5.41, 5.74) is 1.88. The highest BCUT2D eigenvalue weighted by Gasteiger charge is 2.31. The van der Waals surface area contributed by atoms with E-state index < -0.39 is 6.36 Å². The van der Waals surface area contributed by atoms with Crippen LogP contribution >= 0.6 is 0 Å². The number of hydrogen-bond acceptors (Lipinski definition) is 5. The smallest absolute Gasteiger partial charge is 0.406 e. The summed E-state index contributed by atoms with van der Waals surface area (Å²) in [5.74, 6) is 1.28. The van der Waals surface area contributed by atoms with Gasteiger partial charge in [0.1, 0.15) is 5.75 Å². The number of piperidine rings is 1. The molecular formula is C21H20F3N3O2. The monoisotopic (exact) mass is 403 g/mol. The summed E-state index contributed by atoms with van der Waals surface area (Å²) in [6, 6.07) is 15.7. The number of ether oxygens (including phenoxy) is 1. The van der Waals surface area contributed by atoms with Gasteiger partial charge in [0.25, 0.3) is 0 Å². The van der Waals surface area contributed by atoms with Gasteiger partial charge in [0, 0.05) is 18.0 Å². The Morgan fingerprint density at radius 3 is 2.34 bits per heavy atom. The van der Waals surface area contributed by atoms with Crippen molar-refractivity contribution in [2.24, 2.45) is 0 Å². The quantitative estimate of drug-likeness (QED) is 0.599. The largest absolute Gasteiger partial charge is 0.573 e. The van der Waals surface area contributed by atoms with E-state index in [1.165, 1.54) is 12.1 Å². The number of benzene rings is 2. The molecule has 0 N–H and O–H groups in total. The van der Waals surface area contributed by atoms with Gasteiger partial charge in [-0.25, -0.2) is 0 Å². The molecule has 8 heteroatoms. The lowest BCUT2D eigenvalue weighted by atomic mass is 9.96. The van der Waals surface area contributed by atoms with Crippen molar-refractivity contribution in [1.29, 1.82) is 0 Å². The fraction of sp³-hybridized carbons (Fsp3) is 0.333. The summed E-state index contributed by atoms with van der Waals surface area (Å²) in [4.78, 5) is 6.82. The molecule has 1 aromatic heterocycles. The highest BCUT2D eigenvalue weighted by atomic mass is 19.4. The molecule has 0 saturated carbocycles. The molecule has 0 radical (unpaired) electrons. The zero-order valence-electron chi connectivity index (χ0n) is 15.6. The summed E-state index contributed by atoms with van der Waals surface area (Å²) in [6.45, 7) is 2.39. The Morgan fingerprint density at radius 1 is 1.00 bits per heavy atom. The van der Waals surface area contributed by atoms with Crippen molar-refractivity contribution in [2.45, 2.75) is 31.7 Å². The first kappa shape index (κ1) is 19.4. The lowest BCUT2D eigenvalue weighted by molar-refractivity contribution is -0.274. The second-order valence-corrected chi connectivity index (χ2v) is 7.06. The van der Waals surface area contributed by atoms with Gasteiger partial charge in [-0.3, -0.25) is 4.90 Å². The second kappa shape index (κ2) is 8.24. The SMILES string of the molecule is FC(F)(F)Oc1ccc(CN2CCC(c3nc(-c4ccccc4)no3)CC2)cc1. The van der Waals surface area contributed by atoms with Gasteiger partial charge >= 0.3 is 6.36 Å². The van der Waals surface area contributed by atoms with Crippen molar-refractivity contribution in [3.05, 3.63) is 66.1 Å². The summed E-state index contributed by atoms with van der Waals surface area (Å²) >= 11 is 0. The standard InChI is InChI=1S/C21H20F3N3O2/c22-21(23,24)28-18-8-6-15(7-9-18)14-27-12-10-17(11-13-27)20-25-19(26-29-20)16-4-2-1-3-5-16/h1-9,17H,10-14H2. The molecule has 0 aliphatic carbocycles. The number of nitrogens with zero attached hydrogens (tertiary/aromatic N) is 3. The summed E-state index contributed by atoms with van der Waals surface area (Å²) in [5, 5.41) is 4.09. The second-order valence-electron chi connectivity index (χ2n) is 7.06. The van der Waals surface area contributed by atoms with E-state index in [2.05, 4.69) is 19.8 Å². The van der Waals surface area contributed by atoms with E-state index in [1.54, 1.807) is 12.1 Å². The van der Waals surface area contributed by atoms with E-state index in [-0.39, 0.29) is 11.7 Å². The molecule has 1 fully saturated rings. The predicted molar refractivity (Wildman–Crippen MR) is 100 cm³/mol. The van der Waals surface area contributed by atoms with Crippen LogP contribution in [0.15, 0.2) is 59.1 Å². The Labute approximate surface area is 166 Å². The summed E-state index contributed by atoms with van der Waals surface area (Å²) < 4.78 is 46.1. The molecule has 29 heavy (non-hydrogen) atoms. The van der Waals surface area contributed by atoms with Crippen molar-refractivity contribution in [3.63, 3.8) is 0 Å². The Bertz CT molecular complexity index is 918. The number of likely N-dealkylation sites (tertiary alicyclic amines) is 1. The zero-order valence-corrected chi connectivity index (χ0v) is 15.6. The Balaban J connectivity index is 1.30. The van der Waals surface area contributed by atoms with Crippen LogP contribution in [0.1, 0.15) is 30.2 Å². The van der Waals surface area contributed by atoms with E-state index in [9.17, 15) is 13.2 Å². The molecule has 4 rings (SSSR count). The number of aromatic nitrogens is 2. The van der Waals surface area contributed by atoms with Crippen LogP contribution in [0.25, 0.3) is 11.4 Å². The molecule has 0 amide bonds. The van der Waals surface area contributed by atoms with Crippen LogP contribution in [0.5, 0.6) is 5.75 Å². The Hall–Kier alpha value is -2.87. The molecule has 1 saturated heterocycles. The molecule has 0 bridgehead atoms. The van der Waals surface area contributed by atoms with Gasteiger partial charge in [0.05, 0.1) is 0 Å². The maximum atomic E-state index is 12.2. The van der Waals surface area contributed by atoms with Gasteiger partial charge in [-0.05, 0) is 43.6 Å². The molecule has 2 aromatic carbocycles. The van der Waals surface area contributed by atoms with Crippen LogP contribution in [0.2, 0.25) is 0 Å². The number of hydrogen-bond donors (Lipinski definition) is 0. The van der Waals surface area contributed by atoms with Crippen molar-refractivity contribution in [1.82, 2.24) is 15.0 Å². The minimum absolute atomic E-state index is 0.203. The van der Waals surface area contributed by atoms with E-state index in [4.69, 9.17) is 4.52 Å².